The first kappa shape index (κ1) is 19.6. The fraction of sp³-hybridized carbons (Fsp3) is 0.0909. The molecule has 28 heavy (non-hydrogen) atoms. The molecule has 0 saturated heterocycles. The highest BCUT2D eigenvalue weighted by atomic mass is 31.2. The normalized spacial score (nSPS) is 11.7. The molecule has 3 rings (SSSR count). The Morgan fingerprint density at radius 1 is 0.857 bits per heavy atom. The Morgan fingerprint density at radius 2 is 1.36 bits per heavy atom. The largest absolute Gasteiger partial charge is 0.464 e. The molecule has 0 aromatic heterocycles. The van der Waals surface area contributed by atoms with Gasteiger partial charge in [-0.25, -0.2) is 9.99 Å². The second kappa shape index (κ2) is 8.68. The van der Waals surface area contributed by atoms with E-state index in [9.17, 15) is 9.36 Å². The van der Waals surface area contributed by atoms with Gasteiger partial charge < -0.3 is 4.74 Å². The number of hydrogen-bond donors (Lipinski definition) is 1. The third-order valence-electron chi connectivity index (χ3n) is 4.25. The molecule has 0 spiro atoms. The summed E-state index contributed by atoms with van der Waals surface area (Å²) >= 11 is 0. The molecule has 3 aromatic rings. The molecular formula is C22H21N2O3P. The van der Waals surface area contributed by atoms with Gasteiger partial charge in [-0.2, -0.15) is 5.10 Å². The Labute approximate surface area is 164 Å². The number of carbonyl (C=O) groups is 1. The number of hydrogen-bond acceptors (Lipinski definition) is 4. The predicted molar refractivity (Wildman–Crippen MR) is 113 cm³/mol. The number of ether oxygens (including phenoxy) is 1. The third kappa shape index (κ3) is 4.21. The van der Waals surface area contributed by atoms with Crippen LogP contribution in [0, 0.1) is 6.92 Å². The monoisotopic (exact) mass is 392 g/mol. The van der Waals surface area contributed by atoms with Crippen LogP contribution >= 0.6 is 7.29 Å². The maximum atomic E-state index is 13.9. The minimum Gasteiger partial charge on any atom is -0.464 e. The summed E-state index contributed by atoms with van der Waals surface area (Å²) in [6, 6.07) is 25.4. The Morgan fingerprint density at radius 3 is 1.82 bits per heavy atom. The number of esters is 1. The number of hydrazone groups is 1. The van der Waals surface area contributed by atoms with Gasteiger partial charge >= 0.3 is 5.97 Å². The first-order chi connectivity index (χ1) is 13.5. The van der Waals surface area contributed by atoms with E-state index in [2.05, 4.69) is 10.3 Å². The number of aryl methyl sites for hydroxylation is 1. The van der Waals surface area contributed by atoms with Gasteiger partial charge in [-0.15, -0.1) is 0 Å². The van der Waals surface area contributed by atoms with Gasteiger partial charge in [0.2, 0.25) is 7.29 Å². The number of benzene rings is 3. The van der Waals surface area contributed by atoms with Crippen LogP contribution in [0.25, 0.3) is 0 Å². The molecular weight excluding hydrogens is 371 g/mol. The maximum absolute atomic E-state index is 13.9. The van der Waals surface area contributed by atoms with Gasteiger partial charge in [0.05, 0.1) is 7.11 Å². The maximum Gasteiger partial charge on any atom is 0.359 e. The van der Waals surface area contributed by atoms with Crippen molar-refractivity contribution in [2.45, 2.75) is 6.92 Å². The summed E-state index contributed by atoms with van der Waals surface area (Å²) < 4.78 is 18.8. The van der Waals surface area contributed by atoms with E-state index in [1.54, 1.807) is 36.4 Å². The summed E-state index contributed by atoms with van der Waals surface area (Å²) in [6.07, 6.45) is 0. The number of methoxy groups -OCH3 is 1. The van der Waals surface area contributed by atoms with Crippen LogP contribution < -0.4 is 15.8 Å². The zero-order valence-electron chi connectivity index (χ0n) is 15.7. The van der Waals surface area contributed by atoms with Crippen molar-refractivity contribution in [3.8, 4) is 0 Å². The van der Waals surface area contributed by atoms with Gasteiger partial charge in [0, 0.05) is 16.2 Å². The van der Waals surface area contributed by atoms with Crippen molar-refractivity contribution in [2.24, 2.45) is 5.10 Å². The average Bonchev–Trinajstić information content (AvgIpc) is 2.76. The molecule has 0 amide bonds. The molecule has 0 heterocycles. The number of nitrogens with one attached hydrogen (secondary N) is 1. The van der Waals surface area contributed by atoms with Gasteiger partial charge in [0.1, 0.15) is 0 Å². The Hall–Kier alpha value is -3.17. The van der Waals surface area contributed by atoms with Crippen molar-refractivity contribution in [2.75, 3.05) is 7.11 Å². The van der Waals surface area contributed by atoms with Crippen molar-refractivity contribution >= 4 is 29.6 Å². The molecule has 5 nitrogen and oxygen atoms in total. The molecule has 6 heteroatoms. The van der Waals surface area contributed by atoms with Gasteiger partial charge in [0.25, 0.3) is 0 Å². The molecule has 0 saturated carbocycles. The van der Waals surface area contributed by atoms with E-state index in [0.717, 1.165) is 5.56 Å². The molecule has 0 unspecified atom stereocenters. The minimum absolute atomic E-state index is 0.0644. The second-order valence-electron chi connectivity index (χ2n) is 6.20. The first-order valence-corrected chi connectivity index (χ1v) is 10.5. The topological polar surface area (TPSA) is 67.8 Å². The molecule has 0 aliphatic carbocycles. The van der Waals surface area contributed by atoms with Crippen molar-refractivity contribution in [3.63, 3.8) is 0 Å². The van der Waals surface area contributed by atoms with Gasteiger partial charge in [0.15, 0.2) is 5.71 Å². The van der Waals surface area contributed by atoms with E-state index in [1.165, 1.54) is 7.11 Å². The van der Waals surface area contributed by atoms with Crippen LogP contribution in [0.4, 0.5) is 0 Å². The number of rotatable bonds is 6. The summed E-state index contributed by atoms with van der Waals surface area (Å²) in [7, 11) is -2.01. The Balaban J connectivity index is 2.07. The highest BCUT2D eigenvalue weighted by Gasteiger charge is 2.27. The molecule has 0 atom stereocenters. The number of carbonyl (C=O) groups excluding carboxylic acids is 1. The van der Waals surface area contributed by atoms with E-state index in [-0.39, 0.29) is 5.71 Å². The summed E-state index contributed by atoms with van der Waals surface area (Å²) in [5.41, 5.74) is 1.70. The summed E-state index contributed by atoms with van der Waals surface area (Å²) in [5, 5.41) is 8.24. The second-order valence-corrected chi connectivity index (χ2v) is 8.65. The fourth-order valence-corrected chi connectivity index (χ4v) is 4.65. The van der Waals surface area contributed by atoms with Crippen LogP contribution in [0.2, 0.25) is 0 Å². The molecule has 0 fully saturated rings. The highest BCUT2D eigenvalue weighted by molar-refractivity contribution is 7.76. The molecule has 0 radical (unpaired) electrons. The summed E-state index contributed by atoms with van der Waals surface area (Å²) in [5.74, 6) is -0.607. The van der Waals surface area contributed by atoms with E-state index in [4.69, 9.17) is 4.74 Å². The minimum atomic E-state index is -3.30. The van der Waals surface area contributed by atoms with E-state index < -0.39 is 13.3 Å². The molecule has 0 aliphatic heterocycles. The van der Waals surface area contributed by atoms with E-state index in [1.807, 2.05) is 55.5 Å². The Kier molecular flexibility index (Phi) is 6.07. The summed E-state index contributed by atoms with van der Waals surface area (Å²) in [6.45, 7) is 1.95. The summed E-state index contributed by atoms with van der Waals surface area (Å²) in [4.78, 5) is 12.3. The predicted octanol–water partition coefficient (Wildman–Crippen LogP) is 3.39. The van der Waals surface area contributed by atoms with E-state index >= 15 is 0 Å². The van der Waals surface area contributed by atoms with Gasteiger partial charge in [-0.05, 0) is 31.2 Å². The van der Waals surface area contributed by atoms with Crippen molar-refractivity contribution in [3.05, 3.63) is 96.1 Å². The van der Waals surface area contributed by atoms with Gasteiger partial charge in [-0.1, -0.05) is 66.2 Å². The van der Waals surface area contributed by atoms with Gasteiger partial charge in [-0.3, -0.25) is 4.57 Å². The molecule has 0 aliphatic rings. The smallest absolute Gasteiger partial charge is 0.359 e. The van der Waals surface area contributed by atoms with Crippen LogP contribution in [0.15, 0.2) is 90.0 Å². The Bertz CT molecular complexity index is 973. The zero-order chi connectivity index (χ0) is 20.0. The quantitative estimate of drug-likeness (QED) is 0.302. The lowest BCUT2D eigenvalue weighted by Crippen LogP contribution is -2.27. The van der Waals surface area contributed by atoms with Crippen LogP contribution in [0.5, 0.6) is 0 Å². The molecule has 0 bridgehead atoms. The molecule has 1 N–H and O–H groups in total. The van der Waals surface area contributed by atoms with Crippen LogP contribution in [0.3, 0.4) is 0 Å². The average molecular weight is 392 g/mol. The fourth-order valence-electron chi connectivity index (χ4n) is 2.70. The van der Waals surface area contributed by atoms with Crippen molar-refractivity contribution in [1.29, 1.82) is 0 Å². The SMILES string of the molecule is COC(=O)/C(=N/NP(=O)(c1ccccc1)c1ccccc1)c1ccc(C)cc1. The standard InChI is InChI=1S/C22H21N2O3P/c1-17-13-15-18(16-14-17)21(22(25)27-2)23-24-28(26,19-9-5-3-6-10-19)20-11-7-4-8-12-20/h3-16H,1-2H3,(H,24,26)/b23-21+. The number of nitrogens with zero attached hydrogens (tertiary/aromatic N) is 1. The lowest BCUT2D eigenvalue weighted by molar-refractivity contribution is -0.132. The molecule has 142 valence electrons. The van der Waals surface area contributed by atoms with Crippen LogP contribution in [-0.2, 0) is 14.1 Å². The lowest BCUT2D eigenvalue weighted by atomic mass is 10.1. The van der Waals surface area contributed by atoms with Crippen LogP contribution in [-0.4, -0.2) is 18.8 Å². The van der Waals surface area contributed by atoms with Crippen LogP contribution in [0.1, 0.15) is 11.1 Å². The molecule has 3 aromatic carbocycles. The van der Waals surface area contributed by atoms with Crippen molar-refractivity contribution in [1.82, 2.24) is 5.20 Å². The van der Waals surface area contributed by atoms with Crippen molar-refractivity contribution < 1.29 is 14.1 Å². The first-order valence-electron chi connectivity index (χ1n) is 8.76. The zero-order valence-corrected chi connectivity index (χ0v) is 16.6. The lowest BCUT2D eigenvalue weighted by Gasteiger charge is -2.19. The third-order valence-corrected chi connectivity index (χ3v) is 6.68. The van der Waals surface area contributed by atoms with E-state index in [0.29, 0.717) is 16.2 Å². The highest BCUT2D eigenvalue weighted by Crippen LogP contribution is 2.38.